The van der Waals surface area contributed by atoms with Gasteiger partial charge in [0, 0.05) is 6.20 Å². The third kappa shape index (κ3) is 1.83. The van der Waals surface area contributed by atoms with Gasteiger partial charge >= 0.3 is 0 Å². The van der Waals surface area contributed by atoms with Gasteiger partial charge in [-0.25, -0.2) is 4.68 Å². The first kappa shape index (κ1) is 10.5. The molecule has 0 aliphatic rings. The molecule has 14 heavy (non-hydrogen) atoms. The molecule has 0 saturated carbocycles. The van der Waals surface area contributed by atoms with Gasteiger partial charge in [-0.05, 0) is 31.5 Å². The summed E-state index contributed by atoms with van der Waals surface area (Å²) in [6.45, 7) is 4.09. The zero-order valence-corrected chi connectivity index (χ0v) is 8.57. The van der Waals surface area contributed by atoms with E-state index in [1.165, 1.54) is 5.56 Å². The molecule has 1 aromatic heterocycles. The van der Waals surface area contributed by atoms with Crippen LogP contribution in [0.15, 0.2) is 36.5 Å². The zero-order valence-electron chi connectivity index (χ0n) is 8.57. The van der Waals surface area contributed by atoms with Crippen LogP contribution in [0, 0.1) is 13.8 Å². The summed E-state index contributed by atoms with van der Waals surface area (Å²) in [4.78, 5) is 0. The minimum atomic E-state index is 0. The molecule has 1 aromatic carbocycles. The van der Waals surface area contributed by atoms with Crippen LogP contribution in [0.25, 0.3) is 5.69 Å². The lowest BCUT2D eigenvalue weighted by Gasteiger charge is -1.98. The Bertz CT molecular complexity index is 384. The van der Waals surface area contributed by atoms with Crippen LogP contribution in [-0.4, -0.2) is 9.78 Å². The fourth-order valence-electron chi connectivity index (χ4n) is 1.26. The van der Waals surface area contributed by atoms with E-state index >= 15 is 0 Å². The van der Waals surface area contributed by atoms with Gasteiger partial charge in [0.05, 0.1) is 11.4 Å². The predicted octanol–water partition coefficient (Wildman–Crippen LogP) is 2.65. The fourth-order valence-corrected chi connectivity index (χ4v) is 1.26. The molecule has 0 aliphatic heterocycles. The highest BCUT2D eigenvalue weighted by molar-refractivity contribution is 5.32. The SMILES string of the molecule is Cc1cn(-c2ccccc2)nc1C.N. The lowest BCUT2D eigenvalue weighted by molar-refractivity contribution is 0.863. The Hall–Kier alpha value is -1.61. The molecular formula is C11H15N3. The average molecular weight is 189 g/mol. The van der Waals surface area contributed by atoms with Gasteiger partial charge in [-0.2, -0.15) is 5.10 Å². The summed E-state index contributed by atoms with van der Waals surface area (Å²) < 4.78 is 1.91. The van der Waals surface area contributed by atoms with Gasteiger partial charge in [0.2, 0.25) is 0 Å². The van der Waals surface area contributed by atoms with Crippen LogP contribution in [0.2, 0.25) is 0 Å². The molecule has 3 nitrogen and oxygen atoms in total. The molecule has 0 aliphatic carbocycles. The van der Waals surface area contributed by atoms with E-state index in [-0.39, 0.29) is 6.15 Å². The number of para-hydroxylation sites is 1. The molecule has 2 rings (SSSR count). The van der Waals surface area contributed by atoms with Crippen LogP contribution in [0.4, 0.5) is 0 Å². The van der Waals surface area contributed by atoms with Gasteiger partial charge in [0.15, 0.2) is 0 Å². The molecule has 74 valence electrons. The van der Waals surface area contributed by atoms with Crippen LogP contribution in [0.3, 0.4) is 0 Å². The van der Waals surface area contributed by atoms with Crippen molar-refractivity contribution < 1.29 is 0 Å². The van der Waals surface area contributed by atoms with Crippen LogP contribution in [0.5, 0.6) is 0 Å². The number of benzene rings is 1. The number of aryl methyl sites for hydroxylation is 2. The summed E-state index contributed by atoms with van der Waals surface area (Å²) in [6.07, 6.45) is 2.05. The molecule has 0 fully saturated rings. The number of hydrogen-bond donors (Lipinski definition) is 1. The Morgan fingerprint density at radius 1 is 1.07 bits per heavy atom. The average Bonchev–Trinajstić information content (AvgIpc) is 2.49. The Kier molecular flexibility index (Phi) is 3.04. The summed E-state index contributed by atoms with van der Waals surface area (Å²) in [6, 6.07) is 10.1. The van der Waals surface area contributed by atoms with Gasteiger partial charge in [-0.15, -0.1) is 0 Å². The minimum Gasteiger partial charge on any atom is -0.344 e. The van der Waals surface area contributed by atoms with Crippen LogP contribution in [-0.2, 0) is 0 Å². The highest BCUT2D eigenvalue weighted by Crippen LogP contribution is 2.09. The third-order valence-corrected chi connectivity index (χ3v) is 2.17. The quantitative estimate of drug-likeness (QED) is 0.749. The van der Waals surface area contributed by atoms with Crippen molar-refractivity contribution in [2.24, 2.45) is 0 Å². The molecule has 0 saturated heterocycles. The third-order valence-electron chi connectivity index (χ3n) is 2.17. The molecule has 3 N–H and O–H groups in total. The van der Waals surface area contributed by atoms with Crippen LogP contribution in [0.1, 0.15) is 11.3 Å². The van der Waals surface area contributed by atoms with Gasteiger partial charge in [0.25, 0.3) is 0 Å². The van der Waals surface area contributed by atoms with Crippen molar-refractivity contribution in [3.8, 4) is 5.69 Å². The zero-order chi connectivity index (χ0) is 9.26. The minimum absolute atomic E-state index is 0. The second kappa shape index (κ2) is 4.07. The van der Waals surface area contributed by atoms with Gasteiger partial charge in [-0.3, -0.25) is 0 Å². The van der Waals surface area contributed by atoms with Crippen molar-refractivity contribution in [3.63, 3.8) is 0 Å². The summed E-state index contributed by atoms with van der Waals surface area (Å²) in [7, 11) is 0. The van der Waals surface area contributed by atoms with Gasteiger partial charge in [0.1, 0.15) is 0 Å². The molecule has 0 spiro atoms. The Labute approximate surface area is 84.0 Å². The molecule has 3 heteroatoms. The lowest BCUT2D eigenvalue weighted by Crippen LogP contribution is -1.93. The first-order valence-electron chi connectivity index (χ1n) is 4.35. The molecule has 0 amide bonds. The first-order valence-corrected chi connectivity index (χ1v) is 4.35. The maximum Gasteiger partial charge on any atom is 0.0645 e. The van der Waals surface area contributed by atoms with E-state index in [1.54, 1.807) is 0 Å². The van der Waals surface area contributed by atoms with E-state index in [2.05, 4.69) is 12.0 Å². The monoisotopic (exact) mass is 189 g/mol. The second-order valence-electron chi connectivity index (χ2n) is 3.18. The topological polar surface area (TPSA) is 52.8 Å². The van der Waals surface area contributed by atoms with Gasteiger partial charge in [-0.1, -0.05) is 18.2 Å². The molecule has 0 atom stereocenters. The fraction of sp³-hybridized carbons (Fsp3) is 0.182. The standard InChI is InChI=1S/C11H12N2.H3N/c1-9-8-13(12-10(9)2)11-6-4-3-5-7-11;/h3-8H,1-2H3;1H3. The Morgan fingerprint density at radius 3 is 2.21 bits per heavy atom. The molecule has 2 aromatic rings. The van der Waals surface area contributed by atoms with E-state index in [1.807, 2.05) is 48.1 Å². The van der Waals surface area contributed by atoms with Gasteiger partial charge < -0.3 is 6.15 Å². The van der Waals surface area contributed by atoms with Crippen molar-refractivity contribution in [1.29, 1.82) is 0 Å². The van der Waals surface area contributed by atoms with Crippen LogP contribution < -0.4 is 6.15 Å². The highest BCUT2D eigenvalue weighted by Gasteiger charge is 2.00. The van der Waals surface area contributed by atoms with E-state index < -0.39 is 0 Å². The van der Waals surface area contributed by atoms with Crippen LogP contribution >= 0.6 is 0 Å². The summed E-state index contributed by atoms with van der Waals surface area (Å²) in [5, 5.41) is 4.40. The van der Waals surface area contributed by atoms with E-state index in [9.17, 15) is 0 Å². The number of hydrogen-bond acceptors (Lipinski definition) is 2. The van der Waals surface area contributed by atoms with E-state index in [4.69, 9.17) is 0 Å². The first-order chi connectivity index (χ1) is 6.27. The summed E-state index contributed by atoms with van der Waals surface area (Å²) in [5.41, 5.74) is 3.42. The maximum absolute atomic E-state index is 4.40. The maximum atomic E-state index is 4.40. The second-order valence-corrected chi connectivity index (χ2v) is 3.18. The normalized spacial score (nSPS) is 9.57. The largest absolute Gasteiger partial charge is 0.344 e. The molecule has 0 bridgehead atoms. The number of aromatic nitrogens is 2. The Balaban J connectivity index is 0.000000980. The molecule has 0 unspecified atom stereocenters. The smallest absolute Gasteiger partial charge is 0.0645 e. The Morgan fingerprint density at radius 2 is 1.71 bits per heavy atom. The summed E-state index contributed by atoms with van der Waals surface area (Å²) in [5.74, 6) is 0. The lowest BCUT2D eigenvalue weighted by atomic mass is 10.3. The van der Waals surface area contributed by atoms with Crippen molar-refractivity contribution in [1.82, 2.24) is 15.9 Å². The van der Waals surface area contributed by atoms with Crippen molar-refractivity contribution in [2.45, 2.75) is 13.8 Å². The number of rotatable bonds is 1. The highest BCUT2D eigenvalue weighted by atomic mass is 15.3. The predicted molar refractivity (Wildman–Crippen MR) is 58.1 cm³/mol. The van der Waals surface area contributed by atoms with Crippen molar-refractivity contribution in [2.75, 3.05) is 0 Å². The van der Waals surface area contributed by atoms with E-state index in [0.717, 1.165) is 11.4 Å². The molecular weight excluding hydrogens is 174 g/mol. The summed E-state index contributed by atoms with van der Waals surface area (Å²) >= 11 is 0. The number of nitrogens with zero attached hydrogens (tertiary/aromatic N) is 2. The van der Waals surface area contributed by atoms with Crippen molar-refractivity contribution in [3.05, 3.63) is 47.8 Å². The molecule has 1 heterocycles. The molecule has 0 radical (unpaired) electrons. The van der Waals surface area contributed by atoms with E-state index in [0.29, 0.717) is 0 Å². The van der Waals surface area contributed by atoms with Crippen molar-refractivity contribution >= 4 is 0 Å².